The van der Waals surface area contributed by atoms with Crippen LogP contribution >= 0.6 is 11.3 Å². The van der Waals surface area contributed by atoms with Crippen molar-refractivity contribution < 1.29 is 9.59 Å². The average Bonchev–Trinajstić information content (AvgIpc) is 3.34. The highest BCUT2D eigenvalue weighted by Gasteiger charge is 2.37. The van der Waals surface area contributed by atoms with Gasteiger partial charge in [0.1, 0.15) is 10.5 Å². The van der Waals surface area contributed by atoms with Crippen LogP contribution in [0, 0.1) is 5.92 Å². The van der Waals surface area contributed by atoms with Gasteiger partial charge in [-0.05, 0) is 29.5 Å². The Labute approximate surface area is 172 Å². The van der Waals surface area contributed by atoms with Crippen molar-refractivity contribution in [3.63, 3.8) is 0 Å². The Balaban J connectivity index is 1.49. The van der Waals surface area contributed by atoms with Crippen LogP contribution in [0.3, 0.4) is 0 Å². The summed E-state index contributed by atoms with van der Waals surface area (Å²) in [5, 5.41) is 1.82. The van der Waals surface area contributed by atoms with Crippen molar-refractivity contribution in [3.05, 3.63) is 57.5 Å². The van der Waals surface area contributed by atoms with Gasteiger partial charge in [-0.1, -0.05) is 25.1 Å². The molecular weight excluding hydrogens is 388 g/mol. The lowest BCUT2D eigenvalue weighted by atomic mass is 10.1. The predicted molar refractivity (Wildman–Crippen MR) is 113 cm³/mol. The number of anilines is 1. The van der Waals surface area contributed by atoms with Crippen molar-refractivity contribution in [1.82, 2.24) is 14.9 Å². The Kier molecular flexibility index (Phi) is 5.19. The van der Waals surface area contributed by atoms with Gasteiger partial charge in [0, 0.05) is 25.7 Å². The molecule has 4 rings (SSSR count). The topological polar surface area (TPSA) is 86.4 Å². The minimum atomic E-state index is -0.408. The van der Waals surface area contributed by atoms with E-state index in [1.807, 2.05) is 36.6 Å². The molecule has 1 aliphatic rings. The van der Waals surface area contributed by atoms with E-state index in [0.717, 1.165) is 17.7 Å². The van der Waals surface area contributed by atoms with E-state index >= 15 is 0 Å². The van der Waals surface area contributed by atoms with Crippen LogP contribution in [0.15, 0.2) is 40.5 Å². The number of nitrogens with one attached hydrogen (secondary N) is 1. The van der Waals surface area contributed by atoms with E-state index in [2.05, 4.69) is 9.97 Å². The number of aromatic nitrogens is 2. The number of amides is 2. The van der Waals surface area contributed by atoms with Crippen molar-refractivity contribution in [2.45, 2.75) is 26.3 Å². The molecule has 0 spiro atoms. The second-order valence-corrected chi connectivity index (χ2v) is 8.15. The Bertz CT molecular complexity index is 1140. The summed E-state index contributed by atoms with van der Waals surface area (Å²) in [5.74, 6) is -0.130. The molecule has 1 atom stereocenters. The lowest BCUT2D eigenvalue weighted by molar-refractivity contribution is -0.135. The molecule has 7 nitrogen and oxygen atoms in total. The van der Waals surface area contributed by atoms with Crippen LogP contribution in [-0.2, 0) is 22.6 Å². The molecule has 2 amide bonds. The van der Waals surface area contributed by atoms with Crippen molar-refractivity contribution in [2.75, 3.05) is 18.5 Å². The molecule has 1 N–H and O–H groups in total. The number of hydrogen-bond acceptors (Lipinski definition) is 5. The van der Waals surface area contributed by atoms with Crippen LogP contribution in [0.2, 0.25) is 0 Å². The van der Waals surface area contributed by atoms with Gasteiger partial charge in [-0.2, -0.15) is 0 Å². The van der Waals surface area contributed by atoms with Crippen LogP contribution < -0.4 is 10.5 Å². The number of aryl methyl sites for hydroxylation is 1. The smallest absolute Gasteiger partial charge is 0.268 e. The van der Waals surface area contributed by atoms with Crippen LogP contribution in [-0.4, -0.2) is 40.3 Å². The Morgan fingerprint density at radius 3 is 2.90 bits per heavy atom. The fourth-order valence-corrected chi connectivity index (χ4v) is 4.52. The second-order valence-electron chi connectivity index (χ2n) is 7.23. The van der Waals surface area contributed by atoms with Crippen LogP contribution in [0.4, 0.5) is 5.69 Å². The first-order chi connectivity index (χ1) is 14.0. The largest absolute Gasteiger partial charge is 0.338 e. The lowest BCUT2D eigenvalue weighted by Gasteiger charge is -2.22. The minimum Gasteiger partial charge on any atom is -0.338 e. The Morgan fingerprint density at radius 2 is 2.10 bits per heavy atom. The predicted octanol–water partition coefficient (Wildman–Crippen LogP) is 2.56. The molecule has 8 heteroatoms. The first kappa shape index (κ1) is 19.3. The summed E-state index contributed by atoms with van der Waals surface area (Å²) in [5.41, 5.74) is 2.41. The highest BCUT2D eigenvalue weighted by atomic mass is 32.1. The van der Waals surface area contributed by atoms with Crippen molar-refractivity contribution in [2.24, 2.45) is 5.92 Å². The fourth-order valence-electron chi connectivity index (χ4n) is 3.79. The molecule has 1 aliphatic heterocycles. The third-order valence-corrected chi connectivity index (χ3v) is 6.17. The van der Waals surface area contributed by atoms with Gasteiger partial charge < -0.3 is 14.8 Å². The number of benzene rings is 1. The summed E-state index contributed by atoms with van der Waals surface area (Å²) in [7, 11) is 1.67. The molecule has 150 valence electrons. The van der Waals surface area contributed by atoms with Gasteiger partial charge in [0.15, 0.2) is 0 Å². The molecule has 2 aromatic heterocycles. The summed E-state index contributed by atoms with van der Waals surface area (Å²) in [6.45, 7) is 2.61. The van der Waals surface area contributed by atoms with Crippen molar-refractivity contribution in [1.29, 1.82) is 0 Å². The fraction of sp³-hybridized carbons (Fsp3) is 0.333. The molecule has 1 aromatic carbocycles. The molecule has 3 heterocycles. The molecule has 0 radical (unpaired) electrons. The van der Waals surface area contributed by atoms with Crippen molar-refractivity contribution >= 4 is 39.1 Å². The molecule has 0 aliphatic carbocycles. The first-order valence-electron chi connectivity index (χ1n) is 9.57. The van der Waals surface area contributed by atoms with Gasteiger partial charge in [-0.15, -0.1) is 11.3 Å². The number of para-hydroxylation sites is 1. The van der Waals surface area contributed by atoms with Gasteiger partial charge in [0.05, 0.1) is 18.0 Å². The third-order valence-electron chi connectivity index (χ3n) is 5.26. The van der Waals surface area contributed by atoms with Gasteiger partial charge >= 0.3 is 0 Å². The summed E-state index contributed by atoms with van der Waals surface area (Å²) < 4.78 is 0.578. The van der Waals surface area contributed by atoms with Crippen LogP contribution in [0.25, 0.3) is 10.2 Å². The summed E-state index contributed by atoms with van der Waals surface area (Å²) in [6.07, 6.45) is 1.01. The number of hydrogen-bond donors (Lipinski definition) is 1. The number of aromatic amines is 1. The van der Waals surface area contributed by atoms with E-state index in [0.29, 0.717) is 22.6 Å². The number of carbonyl (C=O) groups is 2. The van der Waals surface area contributed by atoms with Crippen LogP contribution in [0.5, 0.6) is 0 Å². The molecule has 1 fully saturated rings. The van der Waals surface area contributed by atoms with Crippen molar-refractivity contribution in [3.8, 4) is 0 Å². The summed E-state index contributed by atoms with van der Waals surface area (Å²) in [6, 6.07) is 9.59. The van der Waals surface area contributed by atoms with Gasteiger partial charge in [-0.3, -0.25) is 14.4 Å². The Morgan fingerprint density at radius 1 is 1.31 bits per heavy atom. The molecular formula is C21H22N4O3S. The van der Waals surface area contributed by atoms with Crippen LogP contribution in [0.1, 0.15) is 24.7 Å². The number of carbonyl (C=O) groups excluding carboxylic acids is 2. The maximum atomic E-state index is 13.0. The summed E-state index contributed by atoms with van der Waals surface area (Å²) >= 11 is 1.34. The van der Waals surface area contributed by atoms with E-state index < -0.39 is 5.92 Å². The summed E-state index contributed by atoms with van der Waals surface area (Å²) in [4.78, 5) is 48.1. The zero-order valence-electron chi connectivity index (χ0n) is 16.3. The third kappa shape index (κ3) is 3.67. The SMILES string of the molecule is CCc1ccccc1N1CC(C(=O)N(C)Cc2nc3ccsc3c(=O)[nH]2)CC1=O. The van der Waals surface area contributed by atoms with Gasteiger partial charge in [0.25, 0.3) is 5.56 Å². The molecule has 0 bridgehead atoms. The molecule has 1 unspecified atom stereocenters. The zero-order valence-corrected chi connectivity index (χ0v) is 17.2. The first-order valence-corrected chi connectivity index (χ1v) is 10.5. The quantitative estimate of drug-likeness (QED) is 0.700. The maximum Gasteiger partial charge on any atom is 0.268 e. The number of H-pyrrole nitrogens is 1. The maximum absolute atomic E-state index is 13.0. The number of fused-ring (bicyclic) bond motifs is 1. The highest BCUT2D eigenvalue weighted by molar-refractivity contribution is 7.17. The molecule has 29 heavy (non-hydrogen) atoms. The number of thiophene rings is 1. The normalized spacial score (nSPS) is 16.6. The van der Waals surface area contributed by atoms with E-state index in [-0.39, 0.29) is 30.3 Å². The second kappa shape index (κ2) is 7.79. The lowest BCUT2D eigenvalue weighted by Crippen LogP contribution is -2.35. The van der Waals surface area contributed by atoms with Gasteiger partial charge in [0.2, 0.25) is 11.8 Å². The number of nitrogens with zero attached hydrogens (tertiary/aromatic N) is 3. The molecule has 0 saturated carbocycles. The van der Waals surface area contributed by atoms with E-state index in [9.17, 15) is 14.4 Å². The Hall–Kier alpha value is -3.00. The van der Waals surface area contributed by atoms with E-state index in [1.54, 1.807) is 18.0 Å². The average molecular weight is 410 g/mol. The minimum absolute atomic E-state index is 0.0381. The monoisotopic (exact) mass is 410 g/mol. The standard InChI is InChI=1S/C21H22N4O3S/c1-3-13-6-4-5-7-16(13)25-11-14(10-18(25)26)21(28)24(2)12-17-22-15-8-9-29-19(15)20(27)23-17/h4-9,14H,3,10-12H2,1-2H3,(H,22,23,27). The zero-order chi connectivity index (χ0) is 20.5. The highest BCUT2D eigenvalue weighted by Crippen LogP contribution is 2.29. The number of rotatable bonds is 5. The van der Waals surface area contributed by atoms with E-state index in [4.69, 9.17) is 0 Å². The van der Waals surface area contributed by atoms with Gasteiger partial charge in [-0.25, -0.2) is 4.98 Å². The molecule has 3 aromatic rings. The van der Waals surface area contributed by atoms with E-state index in [1.165, 1.54) is 16.2 Å². The molecule has 1 saturated heterocycles.